The van der Waals surface area contributed by atoms with E-state index in [1.165, 1.54) is 57.8 Å². The lowest BCUT2D eigenvalue weighted by Crippen LogP contribution is -2.52. The van der Waals surface area contributed by atoms with Gasteiger partial charge in [-0.3, -0.25) is 0 Å². The number of aliphatic hydroxyl groups is 1. The molecule has 0 saturated heterocycles. The standard InChI is InChI=1S/C18H30O/c1-18-10-4-7-15(18)14-9-8-12-5-2-3-6-13(12)17(14)16(19)11-18/h12-17,19H,2-11H2,1H3/t12?,13-,14-,15-,16-,17+,18?/m0/s1. The predicted molar refractivity (Wildman–Crippen MR) is 77.7 cm³/mol. The Balaban J connectivity index is 1.64. The molecular formula is C18H30O. The maximum Gasteiger partial charge on any atom is 0.0579 e. The van der Waals surface area contributed by atoms with Gasteiger partial charge in [0.1, 0.15) is 0 Å². The van der Waals surface area contributed by atoms with Crippen molar-refractivity contribution in [3.05, 3.63) is 0 Å². The van der Waals surface area contributed by atoms with Gasteiger partial charge in [-0.2, -0.15) is 0 Å². The van der Waals surface area contributed by atoms with E-state index in [0.717, 1.165) is 30.1 Å². The van der Waals surface area contributed by atoms with Crippen LogP contribution in [0.25, 0.3) is 0 Å². The zero-order valence-corrected chi connectivity index (χ0v) is 12.5. The molecule has 4 aliphatic rings. The third-order valence-corrected chi connectivity index (χ3v) is 7.62. The van der Waals surface area contributed by atoms with Crippen molar-refractivity contribution >= 4 is 0 Å². The van der Waals surface area contributed by atoms with Crippen LogP contribution in [0.4, 0.5) is 0 Å². The van der Waals surface area contributed by atoms with Crippen molar-refractivity contribution in [2.75, 3.05) is 0 Å². The molecule has 2 unspecified atom stereocenters. The van der Waals surface area contributed by atoms with Gasteiger partial charge in [-0.1, -0.05) is 32.6 Å². The van der Waals surface area contributed by atoms with Crippen LogP contribution in [0.3, 0.4) is 0 Å². The predicted octanol–water partition coefficient (Wildman–Crippen LogP) is 4.39. The van der Waals surface area contributed by atoms with Crippen LogP contribution in [0.5, 0.6) is 0 Å². The molecule has 1 heteroatoms. The summed E-state index contributed by atoms with van der Waals surface area (Å²) in [5.74, 6) is 4.35. The first-order valence-electron chi connectivity index (χ1n) is 8.87. The van der Waals surface area contributed by atoms with Gasteiger partial charge >= 0.3 is 0 Å². The van der Waals surface area contributed by atoms with Crippen molar-refractivity contribution in [3.63, 3.8) is 0 Å². The molecule has 0 aromatic carbocycles. The Kier molecular flexibility index (Phi) is 2.99. The van der Waals surface area contributed by atoms with Gasteiger partial charge in [0, 0.05) is 0 Å². The van der Waals surface area contributed by atoms with E-state index in [9.17, 15) is 5.11 Å². The lowest BCUT2D eigenvalue weighted by Gasteiger charge is -2.56. The van der Waals surface area contributed by atoms with Crippen molar-refractivity contribution in [1.29, 1.82) is 0 Å². The van der Waals surface area contributed by atoms with Gasteiger partial charge in [0.25, 0.3) is 0 Å². The Labute approximate surface area is 118 Å². The molecule has 4 aliphatic carbocycles. The maximum atomic E-state index is 10.9. The Morgan fingerprint density at radius 3 is 2.63 bits per heavy atom. The molecule has 0 radical (unpaired) electrons. The van der Waals surface area contributed by atoms with E-state index in [2.05, 4.69) is 6.92 Å². The molecule has 1 nitrogen and oxygen atoms in total. The van der Waals surface area contributed by atoms with Crippen LogP contribution in [-0.4, -0.2) is 11.2 Å². The third-order valence-electron chi connectivity index (χ3n) is 7.62. The number of aliphatic hydroxyl groups excluding tert-OH is 1. The fourth-order valence-corrected chi connectivity index (χ4v) is 6.92. The second kappa shape index (κ2) is 4.48. The lowest BCUT2D eigenvalue weighted by molar-refractivity contribution is -0.122. The first-order valence-corrected chi connectivity index (χ1v) is 8.87. The van der Waals surface area contributed by atoms with Gasteiger partial charge in [-0.25, -0.2) is 0 Å². The van der Waals surface area contributed by atoms with Crippen LogP contribution >= 0.6 is 0 Å². The average molecular weight is 262 g/mol. The molecule has 0 spiro atoms. The Hall–Kier alpha value is -0.0400. The first kappa shape index (κ1) is 12.7. The molecule has 0 bridgehead atoms. The van der Waals surface area contributed by atoms with Crippen molar-refractivity contribution in [1.82, 2.24) is 0 Å². The van der Waals surface area contributed by atoms with Crippen molar-refractivity contribution in [2.45, 2.75) is 77.2 Å². The second-order valence-corrected chi connectivity index (χ2v) is 8.45. The molecule has 4 fully saturated rings. The van der Waals surface area contributed by atoms with E-state index in [0.29, 0.717) is 11.3 Å². The molecule has 0 aromatic heterocycles. The monoisotopic (exact) mass is 262 g/mol. The SMILES string of the molecule is CC12CCC[C@H]1[C@@H]1CCC3CCCC[C@@H]3[C@H]1[C@@H](O)C2. The highest BCUT2D eigenvalue weighted by atomic mass is 16.3. The lowest BCUT2D eigenvalue weighted by atomic mass is 9.50. The minimum Gasteiger partial charge on any atom is -0.393 e. The van der Waals surface area contributed by atoms with Gasteiger partial charge in [-0.15, -0.1) is 0 Å². The molecule has 0 aliphatic heterocycles. The Bertz CT molecular complexity index is 352. The normalized spacial score (nSPS) is 57.2. The van der Waals surface area contributed by atoms with Crippen LogP contribution in [0.1, 0.15) is 71.1 Å². The van der Waals surface area contributed by atoms with E-state index >= 15 is 0 Å². The number of rotatable bonds is 0. The average Bonchev–Trinajstić information content (AvgIpc) is 2.79. The third kappa shape index (κ3) is 1.83. The molecule has 0 heterocycles. The van der Waals surface area contributed by atoms with Crippen LogP contribution in [0.2, 0.25) is 0 Å². The summed E-state index contributed by atoms with van der Waals surface area (Å²) < 4.78 is 0. The Morgan fingerprint density at radius 1 is 0.895 bits per heavy atom. The first-order chi connectivity index (χ1) is 9.19. The fraction of sp³-hybridized carbons (Fsp3) is 1.00. The Morgan fingerprint density at radius 2 is 1.74 bits per heavy atom. The molecule has 7 atom stereocenters. The number of hydrogen-bond donors (Lipinski definition) is 1. The van der Waals surface area contributed by atoms with E-state index in [1.54, 1.807) is 0 Å². The number of hydrogen-bond acceptors (Lipinski definition) is 1. The molecule has 1 N–H and O–H groups in total. The summed E-state index contributed by atoms with van der Waals surface area (Å²) in [6.07, 6.45) is 14.1. The smallest absolute Gasteiger partial charge is 0.0579 e. The minimum atomic E-state index is 0.0234. The zero-order valence-electron chi connectivity index (χ0n) is 12.5. The largest absolute Gasteiger partial charge is 0.393 e. The van der Waals surface area contributed by atoms with Gasteiger partial charge in [0.05, 0.1) is 6.10 Å². The summed E-state index contributed by atoms with van der Waals surface area (Å²) >= 11 is 0. The quantitative estimate of drug-likeness (QED) is 0.686. The summed E-state index contributed by atoms with van der Waals surface area (Å²) in [7, 11) is 0. The summed E-state index contributed by atoms with van der Waals surface area (Å²) in [6, 6.07) is 0. The maximum absolute atomic E-state index is 10.9. The van der Waals surface area contributed by atoms with Gasteiger partial charge < -0.3 is 5.11 Å². The van der Waals surface area contributed by atoms with E-state index in [-0.39, 0.29) is 6.10 Å². The zero-order chi connectivity index (χ0) is 13.0. The topological polar surface area (TPSA) is 20.2 Å². The molecule has 4 saturated carbocycles. The molecule has 0 amide bonds. The van der Waals surface area contributed by atoms with Crippen molar-refractivity contribution in [3.8, 4) is 0 Å². The van der Waals surface area contributed by atoms with Crippen molar-refractivity contribution in [2.24, 2.45) is 35.0 Å². The van der Waals surface area contributed by atoms with Crippen molar-refractivity contribution < 1.29 is 5.11 Å². The minimum absolute atomic E-state index is 0.0234. The van der Waals surface area contributed by atoms with E-state index in [1.807, 2.05) is 0 Å². The molecular weight excluding hydrogens is 232 g/mol. The summed E-state index contributed by atoms with van der Waals surface area (Å²) in [5.41, 5.74) is 0.488. The fourth-order valence-electron chi connectivity index (χ4n) is 6.92. The van der Waals surface area contributed by atoms with E-state index < -0.39 is 0 Å². The van der Waals surface area contributed by atoms with Gasteiger partial charge in [-0.05, 0) is 73.5 Å². The van der Waals surface area contributed by atoms with E-state index in [4.69, 9.17) is 0 Å². The molecule has 4 rings (SSSR count). The van der Waals surface area contributed by atoms with Crippen LogP contribution in [0.15, 0.2) is 0 Å². The van der Waals surface area contributed by atoms with Crippen LogP contribution in [0, 0.1) is 35.0 Å². The van der Waals surface area contributed by atoms with Gasteiger partial charge in [0.15, 0.2) is 0 Å². The summed E-state index contributed by atoms with van der Waals surface area (Å²) in [5, 5.41) is 10.9. The van der Waals surface area contributed by atoms with Gasteiger partial charge in [0.2, 0.25) is 0 Å². The van der Waals surface area contributed by atoms with Crippen LogP contribution < -0.4 is 0 Å². The highest BCUT2D eigenvalue weighted by molar-refractivity contribution is 5.05. The van der Waals surface area contributed by atoms with Crippen LogP contribution in [-0.2, 0) is 0 Å². The summed E-state index contributed by atoms with van der Waals surface area (Å²) in [4.78, 5) is 0. The molecule has 19 heavy (non-hydrogen) atoms. The highest BCUT2D eigenvalue weighted by Crippen LogP contribution is 2.62. The second-order valence-electron chi connectivity index (χ2n) is 8.45. The molecule has 108 valence electrons. The molecule has 0 aromatic rings. The highest BCUT2D eigenvalue weighted by Gasteiger charge is 2.56. The summed E-state index contributed by atoms with van der Waals surface area (Å²) in [6.45, 7) is 2.48. The number of fused-ring (bicyclic) bond motifs is 5.